The molecule has 4 rings (SSSR count). The molecule has 146 valence electrons. The highest BCUT2D eigenvalue weighted by atomic mass is 19.1. The highest BCUT2D eigenvalue weighted by Crippen LogP contribution is 2.20. The van der Waals surface area contributed by atoms with E-state index in [0.717, 1.165) is 16.4 Å². The number of pyridine rings is 1. The van der Waals surface area contributed by atoms with E-state index in [4.69, 9.17) is 4.84 Å². The Morgan fingerprint density at radius 1 is 1.07 bits per heavy atom. The van der Waals surface area contributed by atoms with Gasteiger partial charge in [0, 0.05) is 30.4 Å². The number of aromatic nitrogens is 3. The zero-order chi connectivity index (χ0) is 20.2. The van der Waals surface area contributed by atoms with Gasteiger partial charge in [-0.3, -0.25) is 4.79 Å². The lowest BCUT2D eigenvalue weighted by Gasteiger charge is -2.14. The van der Waals surface area contributed by atoms with Gasteiger partial charge in [0.1, 0.15) is 24.6 Å². The molecule has 0 aliphatic rings. The number of nitrogens with zero attached hydrogens (tertiary/aromatic N) is 3. The summed E-state index contributed by atoms with van der Waals surface area (Å²) in [5.74, 6) is -1.32. The molecule has 1 N–H and O–H groups in total. The zero-order valence-electron chi connectivity index (χ0n) is 15.2. The molecule has 0 fully saturated rings. The first kappa shape index (κ1) is 18.5. The number of rotatable bonds is 6. The first-order valence-corrected chi connectivity index (χ1v) is 8.82. The van der Waals surface area contributed by atoms with Crippen LogP contribution >= 0.6 is 0 Å². The van der Waals surface area contributed by atoms with Crippen molar-refractivity contribution in [2.24, 2.45) is 0 Å². The van der Waals surface area contributed by atoms with Crippen molar-refractivity contribution in [3.05, 3.63) is 100 Å². The summed E-state index contributed by atoms with van der Waals surface area (Å²) in [5.41, 5.74) is 1.44. The van der Waals surface area contributed by atoms with E-state index in [-0.39, 0.29) is 24.4 Å². The Morgan fingerprint density at radius 3 is 2.69 bits per heavy atom. The summed E-state index contributed by atoms with van der Waals surface area (Å²) in [6.45, 7) is 0.248. The summed E-state index contributed by atoms with van der Waals surface area (Å²) in [6, 6.07) is 14.1. The van der Waals surface area contributed by atoms with E-state index >= 15 is 0 Å². The van der Waals surface area contributed by atoms with E-state index in [0.29, 0.717) is 11.1 Å². The van der Waals surface area contributed by atoms with Gasteiger partial charge in [-0.15, -0.1) is 4.73 Å². The third kappa shape index (κ3) is 4.06. The minimum Gasteiger partial charge on any atom is -0.404 e. The number of hydrogen-bond acceptors (Lipinski definition) is 5. The van der Waals surface area contributed by atoms with Gasteiger partial charge in [-0.25, -0.2) is 18.7 Å². The lowest BCUT2D eigenvalue weighted by atomic mass is 10.2. The molecule has 0 amide bonds. The van der Waals surface area contributed by atoms with Crippen LogP contribution < -0.4 is 15.7 Å². The Labute approximate surface area is 164 Å². The SMILES string of the molecule is O=c1cc(NCc2ccc(F)cc2F)c2cncnc2n1OCc1ccccc1. The molecule has 8 heteroatoms. The predicted octanol–water partition coefficient (Wildman–Crippen LogP) is 3.31. The average molecular weight is 394 g/mol. The summed E-state index contributed by atoms with van der Waals surface area (Å²) in [4.78, 5) is 26.4. The monoisotopic (exact) mass is 394 g/mol. The maximum Gasteiger partial charge on any atom is 0.287 e. The van der Waals surface area contributed by atoms with Crippen LogP contribution in [0.3, 0.4) is 0 Å². The van der Waals surface area contributed by atoms with Crippen LogP contribution in [0.25, 0.3) is 11.0 Å². The van der Waals surface area contributed by atoms with Crippen LogP contribution in [-0.2, 0) is 13.2 Å². The van der Waals surface area contributed by atoms with Crippen LogP contribution in [0.4, 0.5) is 14.5 Å². The van der Waals surface area contributed by atoms with E-state index in [9.17, 15) is 13.6 Å². The zero-order valence-corrected chi connectivity index (χ0v) is 15.2. The maximum atomic E-state index is 13.9. The molecule has 6 nitrogen and oxygen atoms in total. The van der Waals surface area contributed by atoms with Gasteiger partial charge in [-0.1, -0.05) is 36.4 Å². The molecule has 0 saturated heterocycles. The minimum absolute atomic E-state index is 0.0600. The number of fused-ring (bicyclic) bond motifs is 1. The Morgan fingerprint density at radius 2 is 1.90 bits per heavy atom. The molecular formula is C21H16F2N4O2. The topological polar surface area (TPSA) is 69.0 Å². The van der Waals surface area contributed by atoms with Crippen LogP contribution in [0.15, 0.2) is 71.9 Å². The first-order chi connectivity index (χ1) is 14.1. The van der Waals surface area contributed by atoms with Crippen LogP contribution in [0, 0.1) is 11.6 Å². The standard InChI is InChI=1S/C21H16F2N4O2/c22-16-7-6-15(18(23)8-16)10-25-19-9-20(28)27(21-17(19)11-24-13-26-21)29-12-14-4-2-1-3-5-14/h1-9,11,13,25H,10,12H2. The lowest BCUT2D eigenvalue weighted by Crippen LogP contribution is -2.28. The first-order valence-electron chi connectivity index (χ1n) is 8.82. The molecule has 4 aromatic rings. The summed E-state index contributed by atoms with van der Waals surface area (Å²) < 4.78 is 28.1. The van der Waals surface area contributed by atoms with Gasteiger partial charge in [0.2, 0.25) is 0 Å². The van der Waals surface area contributed by atoms with E-state index in [2.05, 4.69) is 15.3 Å². The molecule has 0 unspecified atom stereocenters. The fourth-order valence-electron chi connectivity index (χ4n) is 2.88. The number of anilines is 1. The van der Waals surface area contributed by atoms with E-state index in [1.165, 1.54) is 30.7 Å². The number of benzene rings is 2. The molecule has 0 aliphatic heterocycles. The second-order valence-corrected chi connectivity index (χ2v) is 6.30. The van der Waals surface area contributed by atoms with Gasteiger partial charge in [-0.05, 0) is 11.6 Å². The summed E-state index contributed by atoms with van der Waals surface area (Å²) in [5, 5.41) is 3.53. The fraction of sp³-hybridized carbons (Fsp3) is 0.0952. The normalized spacial score (nSPS) is 10.8. The van der Waals surface area contributed by atoms with Gasteiger partial charge in [0.15, 0.2) is 5.65 Å². The van der Waals surface area contributed by atoms with Crippen LogP contribution in [-0.4, -0.2) is 14.7 Å². The van der Waals surface area contributed by atoms with Crippen molar-refractivity contribution in [1.82, 2.24) is 14.7 Å². The molecule has 0 spiro atoms. The van der Waals surface area contributed by atoms with Crippen molar-refractivity contribution in [3.63, 3.8) is 0 Å². The van der Waals surface area contributed by atoms with Gasteiger partial charge in [-0.2, -0.15) is 0 Å². The van der Waals surface area contributed by atoms with Crippen molar-refractivity contribution in [1.29, 1.82) is 0 Å². The second kappa shape index (κ2) is 8.05. The highest BCUT2D eigenvalue weighted by molar-refractivity contribution is 5.87. The molecule has 2 aromatic carbocycles. The van der Waals surface area contributed by atoms with Crippen LogP contribution in [0.1, 0.15) is 11.1 Å². The molecule has 29 heavy (non-hydrogen) atoms. The molecular weight excluding hydrogens is 378 g/mol. The maximum absolute atomic E-state index is 13.9. The second-order valence-electron chi connectivity index (χ2n) is 6.30. The Balaban J connectivity index is 1.63. The van der Waals surface area contributed by atoms with Crippen molar-refractivity contribution in [2.45, 2.75) is 13.2 Å². The van der Waals surface area contributed by atoms with Gasteiger partial charge in [0.25, 0.3) is 5.56 Å². The molecule has 2 aromatic heterocycles. The molecule has 0 radical (unpaired) electrons. The predicted molar refractivity (Wildman–Crippen MR) is 104 cm³/mol. The molecule has 0 aliphatic carbocycles. The number of hydrogen-bond donors (Lipinski definition) is 1. The highest BCUT2D eigenvalue weighted by Gasteiger charge is 2.12. The van der Waals surface area contributed by atoms with E-state index < -0.39 is 17.2 Å². The molecule has 0 bridgehead atoms. The van der Waals surface area contributed by atoms with E-state index in [1.807, 2.05) is 30.3 Å². The summed E-state index contributed by atoms with van der Waals surface area (Å²) >= 11 is 0. The average Bonchev–Trinajstić information content (AvgIpc) is 2.73. The van der Waals surface area contributed by atoms with Crippen LogP contribution in [0.5, 0.6) is 0 Å². The largest absolute Gasteiger partial charge is 0.404 e. The third-order valence-corrected chi connectivity index (χ3v) is 4.33. The quantitative estimate of drug-likeness (QED) is 0.543. The molecule has 0 saturated carbocycles. The Hall–Kier alpha value is -3.81. The third-order valence-electron chi connectivity index (χ3n) is 4.33. The lowest BCUT2D eigenvalue weighted by molar-refractivity contribution is 0.0980. The van der Waals surface area contributed by atoms with Crippen molar-refractivity contribution in [3.8, 4) is 0 Å². The van der Waals surface area contributed by atoms with Crippen molar-refractivity contribution in [2.75, 3.05) is 5.32 Å². The minimum atomic E-state index is -0.669. The number of halogens is 2. The van der Waals surface area contributed by atoms with Gasteiger partial charge in [0.05, 0.1) is 11.1 Å². The van der Waals surface area contributed by atoms with Crippen molar-refractivity contribution < 1.29 is 13.6 Å². The smallest absolute Gasteiger partial charge is 0.287 e. The van der Waals surface area contributed by atoms with Crippen molar-refractivity contribution >= 4 is 16.7 Å². The van der Waals surface area contributed by atoms with Gasteiger partial charge < -0.3 is 10.2 Å². The molecule has 2 heterocycles. The fourth-order valence-corrected chi connectivity index (χ4v) is 2.88. The molecule has 0 atom stereocenters. The van der Waals surface area contributed by atoms with E-state index in [1.54, 1.807) is 0 Å². The number of nitrogens with one attached hydrogen (secondary N) is 1. The van der Waals surface area contributed by atoms with Gasteiger partial charge >= 0.3 is 0 Å². The van der Waals surface area contributed by atoms with Crippen LogP contribution in [0.2, 0.25) is 0 Å². The summed E-state index contributed by atoms with van der Waals surface area (Å²) in [6.07, 6.45) is 2.85. The Bertz CT molecular complexity index is 1210. The summed E-state index contributed by atoms with van der Waals surface area (Å²) in [7, 11) is 0. The Kier molecular flexibility index (Phi) is 5.15.